The maximum atomic E-state index is 13.3. The fourth-order valence-electron chi connectivity index (χ4n) is 2.23. The molecule has 1 fully saturated rings. The zero-order valence-corrected chi connectivity index (χ0v) is 12.5. The maximum Gasteiger partial charge on any atom is 0.252 e. The van der Waals surface area contributed by atoms with Crippen molar-refractivity contribution in [3.05, 3.63) is 35.1 Å². The number of halogens is 1. The number of hydrogen-bond donors (Lipinski definition) is 2. The van der Waals surface area contributed by atoms with Crippen LogP contribution in [0.5, 0.6) is 0 Å². The molecular formula is C16H18FNO2S. The minimum Gasteiger partial charge on any atom is -0.384 e. The van der Waals surface area contributed by atoms with Crippen LogP contribution in [-0.4, -0.2) is 35.7 Å². The molecule has 1 aromatic carbocycles. The first-order valence-corrected chi connectivity index (χ1v) is 8.11. The number of rotatable bonds is 3. The highest BCUT2D eigenvalue weighted by atomic mass is 32.2. The predicted molar refractivity (Wildman–Crippen MR) is 82.7 cm³/mol. The molecule has 3 nitrogen and oxygen atoms in total. The standard InChI is InChI=1S/C16H18FNO2S/c17-14-4-3-13(2-1-7-19)15(10-14)16(20)18-11-12-5-8-21-9-6-12/h3-4,10,12,19H,5-9,11H2,(H,18,20). The molecule has 21 heavy (non-hydrogen) atoms. The molecular weight excluding hydrogens is 289 g/mol. The largest absolute Gasteiger partial charge is 0.384 e. The first-order valence-electron chi connectivity index (χ1n) is 6.96. The normalized spacial score (nSPS) is 15.1. The number of amides is 1. The van der Waals surface area contributed by atoms with E-state index in [0.717, 1.165) is 24.3 Å². The van der Waals surface area contributed by atoms with Crippen molar-refractivity contribution in [3.63, 3.8) is 0 Å². The van der Waals surface area contributed by atoms with Gasteiger partial charge in [-0.05, 0) is 48.5 Å². The van der Waals surface area contributed by atoms with Crippen LogP contribution in [0.2, 0.25) is 0 Å². The van der Waals surface area contributed by atoms with E-state index in [9.17, 15) is 9.18 Å². The lowest BCUT2D eigenvalue weighted by atomic mass is 10.0. The Hall–Kier alpha value is -1.51. The van der Waals surface area contributed by atoms with Gasteiger partial charge >= 0.3 is 0 Å². The van der Waals surface area contributed by atoms with E-state index < -0.39 is 5.82 Å². The number of aliphatic hydroxyl groups excluding tert-OH is 1. The topological polar surface area (TPSA) is 49.3 Å². The van der Waals surface area contributed by atoms with Gasteiger partial charge in [0, 0.05) is 12.1 Å². The Morgan fingerprint density at radius 2 is 2.19 bits per heavy atom. The minimum absolute atomic E-state index is 0.223. The molecule has 1 heterocycles. The van der Waals surface area contributed by atoms with Gasteiger partial charge in [0.2, 0.25) is 0 Å². The zero-order chi connectivity index (χ0) is 15.1. The summed E-state index contributed by atoms with van der Waals surface area (Å²) < 4.78 is 13.3. The molecule has 0 aromatic heterocycles. The molecule has 2 N–H and O–H groups in total. The molecule has 5 heteroatoms. The van der Waals surface area contributed by atoms with Gasteiger partial charge < -0.3 is 10.4 Å². The van der Waals surface area contributed by atoms with E-state index in [4.69, 9.17) is 5.11 Å². The van der Waals surface area contributed by atoms with Crippen LogP contribution in [0.15, 0.2) is 18.2 Å². The van der Waals surface area contributed by atoms with Gasteiger partial charge in [-0.1, -0.05) is 11.8 Å². The number of hydrogen-bond acceptors (Lipinski definition) is 3. The fraction of sp³-hybridized carbons (Fsp3) is 0.438. The minimum atomic E-state index is -0.469. The van der Waals surface area contributed by atoms with Crippen LogP contribution in [0.3, 0.4) is 0 Å². The lowest BCUT2D eigenvalue weighted by Gasteiger charge is -2.21. The lowest BCUT2D eigenvalue weighted by Crippen LogP contribution is -2.31. The Morgan fingerprint density at radius 1 is 1.43 bits per heavy atom. The van der Waals surface area contributed by atoms with E-state index in [1.54, 1.807) is 0 Å². The van der Waals surface area contributed by atoms with Gasteiger partial charge in [-0.15, -0.1) is 0 Å². The van der Waals surface area contributed by atoms with Crippen molar-refractivity contribution in [3.8, 4) is 11.8 Å². The first-order chi connectivity index (χ1) is 10.2. The van der Waals surface area contributed by atoms with Crippen molar-refractivity contribution in [2.24, 2.45) is 5.92 Å². The Bertz CT molecular complexity index is 559. The Labute approximate surface area is 128 Å². The number of nitrogens with one attached hydrogen (secondary N) is 1. The SMILES string of the molecule is O=C(NCC1CCSCC1)c1cc(F)ccc1C#CCO. The summed E-state index contributed by atoms with van der Waals surface area (Å²) in [6.45, 7) is 0.320. The van der Waals surface area contributed by atoms with E-state index in [1.807, 2.05) is 11.8 Å². The molecule has 1 amide bonds. The van der Waals surface area contributed by atoms with E-state index in [-0.39, 0.29) is 18.1 Å². The number of carbonyl (C=O) groups is 1. The van der Waals surface area contributed by atoms with Crippen molar-refractivity contribution in [2.75, 3.05) is 24.7 Å². The zero-order valence-electron chi connectivity index (χ0n) is 11.7. The van der Waals surface area contributed by atoms with Crippen LogP contribution in [0.4, 0.5) is 4.39 Å². The second-order valence-electron chi connectivity index (χ2n) is 4.92. The Balaban J connectivity index is 2.04. The molecule has 1 aromatic rings. The van der Waals surface area contributed by atoms with Crippen LogP contribution in [0, 0.1) is 23.6 Å². The molecule has 1 saturated heterocycles. The highest BCUT2D eigenvalue weighted by molar-refractivity contribution is 7.99. The molecule has 0 unspecified atom stereocenters. The van der Waals surface area contributed by atoms with Crippen LogP contribution >= 0.6 is 11.8 Å². The van der Waals surface area contributed by atoms with Crippen molar-refractivity contribution in [2.45, 2.75) is 12.8 Å². The predicted octanol–water partition coefficient (Wildman–Crippen LogP) is 2.04. The van der Waals surface area contributed by atoms with Gasteiger partial charge in [-0.25, -0.2) is 4.39 Å². The number of thioether (sulfide) groups is 1. The molecule has 0 saturated carbocycles. The van der Waals surface area contributed by atoms with Crippen LogP contribution < -0.4 is 5.32 Å². The van der Waals surface area contributed by atoms with Crippen molar-refractivity contribution in [1.82, 2.24) is 5.32 Å². The molecule has 1 aliphatic rings. The van der Waals surface area contributed by atoms with Gasteiger partial charge in [0.15, 0.2) is 0 Å². The second-order valence-corrected chi connectivity index (χ2v) is 6.14. The van der Waals surface area contributed by atoms with Crippen LogP contribution in [0.25, 0.3) is 0 Å². The third kappa shape index (κ3) is 4.76. The summed E-state index contributed by atoms with van der Waals surface area (Å²) in [5.41, 5.74) is 0.656. The third-order valence-corrected chi connectivity index (χ3v) is 4.47. The summed E-state index contributed by atoms with van der Waals surface area (Å²) in [6.07, 6.45) is 2.20. The van der Waals surface area contributed by atoms with Crippen LogP contribution in [-0.2, 0) is 0 Å². The van der Waals surface area contributed by atoms with E-state index in [0.29, 0.717) is 18.0 Å². The molecule has 0 aliphatic carbocycles. The summed E-state index contributed by atoms with van der Waals surface area (Å²) in [5, 5.41) is 11.6. The van der Waals surface area contributed by atoms with Gasteiger partial charge in [0.25, 0.3) is 5.91 Å². The van der Waals surface area contributed by atoms with Gasteiger partial charge in [0.05, 0.1) is 5.56 Å². The van der Waals surface area contributed by atoms with Gasteiger partial charge in [-0.2, -0.15) is 11.8 Å². The maximum absolute atomic E-state index is 13.3. The summed E-state index contributed by atoms with van der Waals surface area (Å²) in [4.78, 5) is 12.2. The average Bonchev–Trinajstić information content (AvgIpc) is 2.52. The molecule has 0 radical (unpaired) electrons. The van der Waals surface area contributed by atoms with Crippen molar-refractivity contribution < 1.29 is 14.3 Å². The second kappa shape index (κ2) is 8.06. The highest BCUT2D eigenvalue weighted by Crippen LogP contribution is 2.22. The van der Waals surface area contributed by atoms with Gasteiger partial charge in [0.1, 0.15) is 12.4 Å². The van der Waals surface area contributed by atoms with Crippen molar-refractivity contribution >= 4 is 17.7 Å². The van der Waals surface area contributed by atoms with Crippen LogP contribution in [0.1, 0.15) is 28.8 Å². The molecule has 0 atom stereocenters. The number of carbonyl (C=O) groups excluding carboxylic acids is 1. The summed E-state index contributed by atoms with van der Waals surface area (Å²) in [7, 11) is 0. The number of benzene rings is 1. The van der Waals surface area contributed by atoms with Gasteiger partial charge in [-0.3, -0.25) is 4.79 Å². The highest BCUT2D eigenvalue weighted by Gasteiger charge is 2.16. The molecule has 112 valence electrons. The van der Waals surface area contributed by atoms with E-state index in [1.165, 1.54) is 18.2 Å². The molecule has 0 bridgehead atoms. The third-order valence-electron chi connectivity index (χ3n) is 3.42. The fourth-order valence-corrected chi connectivity index (χ4v) is 3.43. The summed E-state index contributed by atoms with van der Waals surface area (Å²) in [5.74, 6) is 7.15. The van der Waals surface area contributed by atoms with Crippen molar-refractivity contribution in [1.29, 1.82) is 0 Å². The first kappa shape index (κ1) is 15.9. The van der Waals surface area contributed by atoms with E-state index >= 15 is 0 Å². The monoisotopic (exact) mass is 307 g/mol. The Kier molecular flexibility index (Phi) is 6.09. The molecule has 1 aliphatic heterocycles. The summed E-state index contributed by atoms with van der Waals surface area (Å²) in [6, 6.07) is 3.91. The molecule has 2 rings (SSSR count). The summed E-state index contributed by atoms with van der Waals surface area (Å²) >= 11 is 1.94. The number of aliphatic hydroxyl groups is 1. The molecule has 0 spiro atoms. The van der Waals surface area contributed by atoms with E-state index in [2.05, 4.69) is 17.2 Å². The Morgan fingerprint density at radius 3 is 2.90 bits per heavy atom. The average molecular weight is 307 g/mol. The smallest absolute Gasteiger partial charge is 0.252 e. The quantitative estimate of drug-likeness (QED) is 0.840. The lowest BCUT2D eigenvalue weighted by molar-refractivity contribution is 0.0945.